The number of amides is 2. The van der Waals surface area contributed by atoms with Gasteiger partial charge in [-0.3, -0.25) is 9.59 Å². The zero-order chi connectivity index (χ0) is 15.1. The molecule has 1 saturated heterocycles. The van der Waals surface area contributed by atoms with E-state index in [0.29, 0.717) is 36.8 Å². The summed E-state index contributed by atoms with van der Waals surface area (Å²) in [5.74, 6) is -0.362. The maximum atomic E-state index is 11.8. The van der Waals surface area contributed by atoms with E-state index in [-0.39, 0.29) is 11.8 Å². The van der Waals surface area contributed by atoms with Crippen molar-refractivity contribution in [2.75, 3.05) is 32.8 Å². The highest BCUT2D eigenvalue weighted by atomic mass is 35.5. The van der Waals surface area contributed by atoms with Gasteiger partial charge in [-0.25, -0.2) is 0 Å². The second kappa shape index (κ2) is 7.97. The highest BCUT2D eigenvalue weighted by Crippen LogP contribution is 2.09. The molecule has 7 heteroatoms. The monoisotopic (exact) mass is 311 g/mol. The largest absolute Gasteiger partial charge is 0.366 e. The molecule has 1 heterocycles. The van der Waals surface area contributed by atoms with E-state index in [1.54, 1.807) is 24.3 Å². The molecule has 0 spiro atoms. The summed E-state index contributed by atoms with van der Waals surface area (Å²) in [5.41, 5.74) is 0.533. The van der Waals surface area contributed by atoms with Crippen LogP contribution in [0.2, 0.25) is 5.02 Å². The lowest BCUT2D eigenvalue weighted by Gasteiger charge is -2.22. The van der Waals surface area contributed by atoms with Crippen molar-refractivity contribution in [1.29, 1.82) is 0 Å². The third kappa shape index (κ3) is 5.00. The van der Waals surface area contributed by atoms with Gasteiger partial charge in [0, 0.05) is 36.8 Å². The first-order valence-electron chi connectivity index (χ1n) is 6.80. The Balaban J connectivity index is 1.66. The molecule has 21 heavy (non-hydrogen) atoms. The van der Waals surface area contributed by atoms with Crippen LogP contribution < -0.4 is 16.0 Å². The number of carbonyl (C=O) groups excluding carboxylic acids is 2. The molecule has 0 saturated carbocycles. The van der Waals surface area contributed by atoms with Gasteiger partial charge in [-0.2, -0.15) is 0 Å². The average Bonchev–Trinajstić information content (AvgIpc) is 2.52. The van der Waals surface area contributed by atoms with E-state index in [9.17, 15) is 9.59 Å². The minimum atomic E-state index is -0.453. The summed E-state index contributed by atoms with van der Waals surface area (Å²) in [6.07, 6.45) is -0.453. The molecular formula is C14H18ClN3O3. The van der Waals surface area contributed by atoms with Gasteiger partial charge in [0.05, 0.1) is 6.61 Å². The zero-order valence-corrected chi connectivity index (χ0v) is 12.3. The molecule has 0 bridgehead atoms. The smallest absolute Gasteiger partial charge is 0.251 e. The molecule has 6 nitrogen and oxygen atoms in total. The van der Waals surface area contributed by atoms with Crippen LogP contribution in [0.4, 0.5) is 0 Å². The Kier molecular flexibility index (Phi) is 5.98. The molecule has 1 fully saturated rings. The lowest BCUT2D eigenvalue weighted by atomic mass is 10.2. The zero-order valence-electron chi connectivity index (χ0n) is 11.5. The lowest BCUT2D eigenvalue weighted by molar-refractivity contribution is -0.134. The highest BCUT2D eigenvalue weighted by molar-refractivity contribution is 6.30. The molecule has 0 aromatic heterocycles. The molecule has 2 amide bonds. The Bertz CT molecular complexity index is 487. The Morgan fingerprint density at radius 3 is 2.62 bits per heavy atom. The fraction of sp³-hybridized carbons (Fsp3) is 0.429. The standard InChI is InChI=1S/C14H18ClN3O3/c15-11-3-1-10(2-4-11)13(19)17-5-6-18-14(20)12-9-16-7-8-21-12/h1-4,12,16H,5-9H2,(H,17,19)(H,18,20). The first-order valence-corrected chi connectivity index (χ1v) is 7.18. The number of hydrogen-bond donors (Lipinski definition) is 3. The number of halogens is 1. The first-order chi connectivity index (χ1) is 10.2. The van der Waals surface area contributed by atoms with Gasteiger partial charge >= 0.3 is 0 Å². The van der Waals surface area contributed by atoms with Crippen molar-refractivity contribution in [2.45, 2.75) is 6.10 Å². The third-order valence-electron chi connectivity index (χ3n) is 3.04. The van der Waals surface area contributed by atoms with Gasteiger partial charge < -0.3 is 20.7 Å². The van der Waals surface area contributed by atoms with Gasteiger partial charge in [-0.1, -0.05) is 11.6 Å². The van der Waals surface area contributed by atoms with E-state index in [1.807, 2.05) is 0 Å². The molecule has 1 aliphatic rings. The van der Waals surface area contributed by atoms with Crippen LogP contribution in [0.15, 0.2) is 24.3 Å². The molecule has 3 N–H and O–H groups in total. The normalized spacial score (nSPS) is 18.0. The topological polar surface area (TPSA) is 79.5 Å². The van der Waals surface area contributed by atoms with Gasteiger partial charge in [0.25, 0.3) is 11.8 Å². The van der Waals surface area contributed by atoms with Crippen molar-refractivity contribution in [3.63, 3.8) is 0 Å². The Hall–Kier alpha value is -1.63. The maximum absolute atomic E-state index is 11.8. The summed E-state index contributed by atoms with van der Waals surface area (Å²) >= 11 is 5.76. The fourth-order valence-corrected chi connectivity index (χ4v) is 2.04. The maximum Gasteiger partial charge on any atom is 0.251 e. The minimum absolute atomic E-state index is 0.164. The number of nitrogens with one attached hydrogen (secondary N) is 3. The van der Waals surface area contributed by atoms with Crippen LogP contribution in [0, 0.1) is 0 Å². The van der Waals surface area contributed by atoms with Crippen LogP contribution >= 0.6 is 11.6 Å². The summed E-state index contributed by atoms with van der Waals surface area (Å²) in [4.78, 5) is 23.5. The molecule has 1 aromatic carbocycles. The summed E-state index contributed by atoms with van der Waals surface area (Å²) in [6, 6.07) is 6.62. The third-order valence-corrected chi connectivity index (χ3v) is 3.29. The summed E-state index contributed by atoms with van der Waals surface area (Å²) in [7, 11) is 0. The molecule has 0 aliphatic carbocycles. The van der Waals surface area contributed by atoms with Crippen LogP contribution in [0.3, 0.4) is 0 Å². The van der Waals surface area contributed by atoms with E-state index in [4.69, 9.17) is 16.3 Å². The number of carbonyl (C=O) groups is 2. The van der Waals surface area contributed by atoms with E-state index in [2.05, 4.69) is 16.0 Å². The van der Waals surface area contributed by atoms with Crippen LogP contribution in [-0.2, 0) is 9.53 Å². The van der Waals surface area contributed by atoms with E-state index >= 15 is 0 Å². The predicted octanol–water partition coefficient (Wildman–Crippen LogP) is 0.174. The van der Waals surface area contributed by atoms with Gasteiger partial charge in [-0.05, 0) is 24.3 Å². The first kappa shape index (κ1) is 15.8. The summed E-state index contributed by atoms with van der Waals surface area (Å²) < 4.78 is 5.32. The van der Waals surface area contributed by atoms with Crippen LogP contribution in [0.25, 0.3) is 0 Å². The van der Waals surface area contributed by atoms with E-state index in [1.165, 1.54) is 0 Å². The second-order valence-corrected chi connectivity index (χ2v) is 5.05. The van der Waals surface area contributed by atoms with Crippen LogP contribution in [-0.4, -0.2) is 50.7 Å². The summed E-state index contributed by atoms with van der Waals surface area (Å²) in [6.45, 7) is 2.53. The van der Waals surface area contributed by atoms with Crippen molar-refractivity contribution in [3.05, 3.63) is 34.9 Å². The number of benzene rings is 1. The quantitative estimate of drug-likeness (QED) is 0.678. The summed E-state index contributed by atoms with van der Waals surface area (Å²) in [5, 5.41) is 9.12. The number of ether oxygens (including phenoxy) is 1. The number of morpholine rings is 1. The van der Waals surface area contributed by atoms with Crippen molar-refractivity contribution in [1.82, 2.24) is 16.0 Å². The Morgan fingerprint density at radius 2 is 1.95 bits per heavy atom. The van der Waals surface area contributed by atoms with Gasteiger partial charge in [0.2, 0.25) is 0 Å². The SMILES string of the molecule is O=C(NCCNC(=O)C1CNCCO1)c1ccc(Cl)cc1. The molecule has 0 radical (unpaired) electrons. The van der Waals surface area contributed by atoms with Crippen molar-refractivity contribution in [2.24, 2.45) is 0 Å². The average molecular weight is 312 g/mol. The predicted molar refractivity (Wildman–Crippen MR) is 79.4 cm³/mol. The Labute approximate surface area is 128 Å². The van der Waals surface area contributed by atoms with Crippen LogP contribution in [0.5, 0.6) is 0 Å². The van der Waals surface area contributed by atoms with E-state index in [0.717, 1.165) is 6.54 Å². The van der Waals surface area contributed by atoms with Gasteiger partial charge in [0.1, 0.15) is 6.10 Å². The lowest BCUT2D eigenvalue weighted by Crippen LogP contribution is -2.49. The van der Waals surface area contributed by atoms with Gasteiger partial charge in [0.15, 0.2) is 0 Å². The van der Waals surface area contributed by atoms with E-state index < -0.39 is 6.10 Å². The number of rotatable bonds is 5. The molecule has 1 atom stereocenters. The van der Waals surface area contributed by atoms with Crippen molar-refractivity contribution >= 4 is 23.4 Å². The molecule has 1 aliphatic heterocycles. The number of hydrogen-bond acceptors (Lipinski definition) is 4. The fourth-order valence-electron chi connectivity index (χ4n) is 1.91. The van der Waals surface area contributed by atoms with Gasteiger partial charge in [-0.15, -0.1) is 0 Å². The Morgan fingerprint density at radius 1 is 1.24 bits per heavy atom. The molecule has 1 aromatic rings. The molecule has 2 rings (SSSR count). The second-order valence-electron chi connectivity index (χ2n) is 4.62. The minimum Gasteiger partial charge on any atom is -0.366 e. The molecular weight excluding hydrogens is 294 g/mol. The molecule has 1 unspecified atom stereocenters. The van der Waals surface area contributed by atoms with Crippen LogP contribution in [0.1, 0.15) is 10.4 Å². The van der Waals surface area contributed by atoms with Crippen molar-refractivity contribution < 1.29 is 14.3 Å². The highest BCUT2D eigenvalue weighted by Gasteiger charge is 2.20. The molecule has 114 valence electrons. The van der Waals surface area contributed by atoms with Crippen molar-refractivity contribution in [3.8, 4) is 0 Å².